The average Bonchev–Trinajstić information content (AvgIpc) is 2.64. The van der Waals surface area contributed by atoms with E-state index in [1.54, 1.807) is 0 Å². The monoisotopic (exact) mass is 374 g/mol. The summed E-state index contributed by atoms with van der Waals surface area (Å²) in [5, 5.41) is 6.94. The highest BCUT2D eigenvalue weighted by molar-refractivity contribution is 7.98. The number of carbonyl (C=O) groups excluding carboxylic acids is 1. The van der Waals surface area contributed by atoms with Crippen LogP contribution in [0.15, 0.2) is 54.6 Å². The summed E-state index contributed by atoms with van der Waals surface area (Å²) in [7, 11) is 1.39. The molecule has 0 bridgehead atoms. The van der Waals surface area contributed by atoms with Gasteiger partial charge in [-0.1, -0.05) is 42.5 Å². The first-order valence-electron chi connectivity index (χ1n) is 7.99. The molecule has 2 N–H and O–H groups in total. The van der Waals surface area contributed by atoms with Gasteiger partial charge in [0.2, 0.25) is 0 Å². The first kappa shape index (κ1) is 19.3. The normalized spacial score (nSPS) is 10.1. The number of benzene rings is 2. The third kappa shape index (κ3) is 7.58. The fourth-order valence-corrected chi connectivity index (χ4v) is 3.16. The molecule has 2 rings (SSSR count). The molecule has 2 aromatic rings. The summed E-state index contributed by atoms with van der Waals surface area (Å²) in [6, 6.07) is 18.0. The van der Waals surface area contributed by atoms with Crippen LogP contribution in [0.5, 0.6) is 0 Å². The van der Waals surface area contributed by atoms with Crippen molar-refractivity contribution in [1.82, 2.24) is 5.32 Å². The van der Waals surface area contributed by atoms with Crippen molar-refractivity contribution in [2.45, 2.75) is 12.2 Å². The van der Waals surface area contributed by atoms with Gasteiger partial charge >= 0.3 is 5.97 Å². The van der Waals surface area contributed by atoms with Gasteiger partial charge in [0.1, 0.15) is 0 Å². The molecule has 0 radical (unpaired) electrons. The second-order valence-corrected chi connectivity index (χ2v) is 6.88. The molecule has 0 spiro atoms. The minimum absolute atomic E-state index is 0.245. The van der Waals surface area contributed by atoms with Crippen LogP contribution < -0.4 is 10.6 Å². The zero-order valence-corrected chi connectivity index (χ0v) is 15.8. The van der Waals surface area contributed by atoms with Crippen LogP contribution in [0.25, 0.3) is 0 Å². The molecule has 0 saturated carbocycles. The Morgan fingerprint density at radius 1 is 1.08 bits per heavy atom. The number of hydrogen-bond donors (Lipinski definition) is 2. The number of esters is 1. The van der Waals surface area contributed by atoms with Gasteiger partial charge in [-0.15, -0.1) is 0 Å². The van der Waals surface area contributed by atoms with Gasteiger partial charge in [0, 0.05) is 23.7 Å². The number of rotatable bonds is 8. The predicted octanol–water partition coefficient (Wildman–Crippen LogP) is 3.62. The lowest BCUT2D eigenvalue weighted by Gasteiger charge is -2.11. The van der Waals surface area contributed by atoms with Crippen molar-refractivity contribution in [3.63, 3.8) is 0 Å². The Kier molecular flexibility index (Phi) is 8.28. The Labute approximate surface area is 158 Å². The molecule has 0 amide bonds. The number of hydrogen-bond acceptors (Lipinski definition) is 4. The molecule has 25 heavy (non-hydrogen) atoms. The second kappa shape index (κ2) is 10.7. The van der Waals surface area contributed by atoms with Crippen molar-refractivity contribution in [2.75, 3.05) is 24.7 Å². The van der Waals surface area contributed by atoms with E-state index in [0.29, 0.717) is 5.11 Å². The number of methoxy groups -OCH3 is 1. The van der Waals surface area contributed by atoms with Gasteiger partial charge < -0.3 is 15.4 Å². The number of thiocarbonyl (C=S) groups is 1. The van der Waals surface area contributed by atoms with Gasteiger partial charge in [-0.25, -0.2) is 0 Å². The topological polar surface area (TPSA) is 50.4 Å². The molecule has 0 aliphatic rings. The lowest BCUT2D eigenvalue weighted by Crippen LogP contribution is -2.30. The lowest BCUT2D eigenvalue weighted by molar-refractivity contribution is -0.139. The third-order valence-corrected chi connectivity index (χ3v) is 4.71. The molecule has 0 aliphatic carbocycles. The van der Waals surface area contributed by atoms with Crippen LogP contribution >= 0.6 is 24.0 Å². The minimum Gasteiger partial charge on any atom is -0.469 e. The molecule has 0 aromatic heterocycles. The lowest BCUT2D eigenvalue weighted by atomic mass is 10.1. The predicted molar refractivity (Wildman–Crippen MR) is 109 cm³/mol. The Hall–Kier alpha value is -2.05. The van der Waals surface area contributed by atoms with Gasteiger partial charge in [0.25, 0.3) is 0 Å². The van der Waals surface area contributed by atoms with E-state index >= 15 is 0 Å². The molecule has 0 unspecified atom stereocenters. The number of anilines is 1. The van der Waals surface area contributed by atoms with Crippen molar-refractivity contribution in [1.29, 1.82) is 0 Å². The average molecular weight is 375 g/mol. The van der Waals surface area contributed by atoms with E-state index in [1.165, 1.54) is 12.7 Å². The highest BCUT2D eigenvalue weighted by Crippen LogP contribution is 2.12. The van der Waals surface area contributed by atoms with Crippen molar-refractivity contribution >= 4 is 40.7 Å². The third-order valence-electron chi connectivity index (χ3n) is 3.43. The van der Waals surface area contributed by atoms with Crippen LogP contribution in [0, 0.1) is 0 Å². The molecule has 6 heteroatoms. The Morgan fingerprint density at radius 3 is 2.48 bits per heavy atom. The van der Waals surface area contributed by atoms with E-state index < -0.39 is 0 Å². The molecular weight excluding hydrogens is 352 g/mol. The SMILES string of the molecule is COC(=O)Cc1ccc(NC(=S)NCCSCc2ccccc2)cc1. The molecule has 0 aliphatic heterocycles. The summed E-state index contributed by atoms with van der Waals surface area (Å²) in [5.41, 5.74) is 3.14. The molecule has 4 nitrogen and oxygen atoms in total. The summed E-state index contributed by atoms with van der Waals surface area (Å²) in [4.78, 5) is 11.2. The van der Waals surface area contributed by atoms with Crippen LogP contribution in [0.4, 0.5) is 5.69 Å². The standard InChI is InChI=1S/C19H22N2O2S2/c1-23-18(22)13-15-7-9-17(10-8-15)21-19(24)20-11-12-25-14-16-5-3-2-4-6-16/h2-10H,11-14H2,1H3,(H2,20,21,24). The van der Waals surface area contributed by atoms with Crippen molar-refractivity contribution in [2.24, 2.45) is 0 Å². The molecule has 2 aromatic carbocycles. The molecule has 0 atom stereocenters. The summed E-state index contributed by atoms with van der Waals surface area (Å²) in [6.45, 7) is 0.809. The minimum atomic E-state index is -0.245. The number of thioether (sulfide) groups is 1. The van der Waals surface area contributed by atoms with Crippen molar-refractivity contribution in [3.8, 4) is 0 Å². The largest absolute Gasteiger partial charge is 0.469 e. The summed E-state index contributed by atoms with van der Waals surface area (Å²) < 4.78 is 4.65. The highest BCUT2D eigenvalue weighted by Gasteiger charge is 2.03. The van der Waals surface area contributed by atoms with Gasteiger partial charge in [0.15, 0.2) is 5.11 Å². The summed E-state index contributed by atoms with van der Waals surface area (Å²) in [6.07, 6.45) is 0.276. The zero-order chi connectivity index (χ0) is 17.9. The van der Waals surface area contributed by atoms with E-state index in [9.17, 15) is 4.79 Å². The van der Waals surface area contributed by atoms with Crippen LogP contribution in [-0.4, -0.2) is 30.5 Å². The van der Waals surface area contributed by atoms with Crippen LogP contribution in [0.1, 0.15) is 11.1 Å². The molecule has 132 valence electrons. The van der Waals surface area contributed by atoms with Crippen LogP contribution in [0.2, 0.25) is 0 Å². The van der Waals surface area contributed by atoms with E-state index in [2.05, 4.69) is 39.6 Å². The number of carbonyl (C=O) groups is 1. The van der Waals surface area contributed by atoms with Crippen molar-refractivity contribution < 1.29 is 9.53 Å². The summed E-state index contributed by atoms with van der Waals surface area (Å²) in [5.74, 6) is 1.74. The molecule has 0 saturated heterocycles. The summed E-state index contributed by atoms with van der Waals surface area (Å²) >= 11 is 7.17. The number of nitrogens with one attached hydrogen (secondary N) is 2. The molecule has 0 heterocycles. The fourth-order valence-electron chi connectivity index (χ4n) is 2.12. The Morgan fingerprint density at radius 2 is 1.80 bits per heavy atom. The molecular formula is C19H22N2O2S2. The maximum atomic E-state index is 11.2. The van der Waals surface area contributed by atoms with Crippen molar-refractivity contribution in [3.05, 3.63) is 65.7 Å². The van der Waals surface area contributed by atoms with Gasteiger partial charge in [-0.2, -0.15) is 11.8 Å². The van der Waals surface area contributed by atoms with E-state index in [0.717, 1.165) is 29.3 Å². The second-order valence-electron chi connectivity index (χ2n) is 5.37. The first-order valence-corrected chi connectivity index (χ1v) is 9.56. The fraction of sp³-hybridized carbons (Fsp3) is 0.263. The maximum absolute atomic E-state index is 11.2. The maximum Gasteiger partial charge on any atom is 0.309 e. The van der Waals surface area contributed by atoms with E-state index in [4.69, 9.17) is 12.2 Å². The zero-order valence-electron chi connectivity index (χ0n) is 14.2. The highest BCUT2D eigenvalue weighted by atomic mass is 32.2. The quantitative estimate of drug-likeness (QED) is 0.418. The first-order chi connectivity index (χ1) is 12.2. The Balaban J connectivity index is 1.63. The van der Waals surface area contributed by atoms with E-state index in [-0.39, 0.29) is 12.4 Å². The Bertz CT molecular complexity index is 676. The van der Waals surface area contributed by atoms with Crippen LogP contribution in [-0.2, 0) is 21.7 Å². The smallest absolute Gasteiger partial charge is 0.309 e. The van der Waals surface area contributed by atoms with Crippen LogP contribution in [0.3, 0.4) is 0 Å². The van der Waals surface area contributed by atoms with Gasteiger partial charge in [-0.3, -0.25) is 4.79 Å². The number of ether oxygens (including phenoxy) is 1. The van der Waals surface area contributed by atoms with E-state index in [1.807, 2.05) is 42.1 Å². The molecule has 0 fully saturated rings. The van der Waals surface area contributed by atoms with Gasteiger partial charge in [-0.05, 0) is 35.5 Å². The van der Waals surface area contributed by atoms with Gasteiger partial charge in [0.05, 0.1) is 13.5 Å².